The highest BCUT2D eigenvalue weighted by Crippen LogP contribution is 2.34. The van der Waals surface area contributed by atoms with Crippen molar-refractivity contribution in [2.45, 2.75) is 19.4 Å². The van der Waals surface area contributed by atoms with Gasteiger partial charge in [-0.1, -0.05) is 23.4 Å². The first-order chi connectivity index (χ1) is 11.4. The number of halogens is 1. The number of nitrogens with zero attached hydrogens (tertiary/aromatic N) is 2. The van der Waals surface area contributed by atoms with Gasteiger partial charge >= 0.3 is 0 Å². The zero-order valence-electron chi connectivity index (χ0n) is 13.6. The summed E-state index contributed by atoms with van der Waals surface area (Å²) in [5, 5.41) is 8.48. The molecule has 0 atom stereocenters. The molecule has 1 aromatic carbocycles. The molecule has 0 radical (unpaired) electrons. The molecule has 0 amide bonds. The summed E-state index contributed by atoms with van der Waals surface area (Å²) >= 11 is 5.92. The Morgan fingerprint density at radius 3 is 2.75 bits per heavy atom. The fourth-order valence-electron chi connectivity index (χ4n) is 2.29. The van der Waals surface area contributed by atoms with Crippen molar-refractivity contribution in [1.82, 2.24) is 15.2 Å². The highest BCUT2D eigenvalue weighted by Gasteiger charge is 2.14. The van der Waals surface area contributed by atoms with Crippen LogP contribution in [0.2, 0.25) is 5.15 Å². The van der Waals surface area contributed by atoms with E-state index in [9.17, 15) is 0 Å². The molecule has 3 N–H and O–H groups in total. The fourth-order valence-corrected chi connectivity index (χ4v) is 2.44. The monoisotopic (exact) mass is 340 g/mol. The largest absolute Gasteiger partial charge is 0.496 e. The van der Waals surface area contributed by atoms with Crippen LogP contribution in [0, 0.1) is 11.8 Å². The maximum Gasteiger partial charge on any atom is 0.182 e. The number of H-pyrrole nitrogens is 1. The van der Waals surface area contributed by atoms with Gasteiger partial charge in [-0.25, -0.2) is 4.98 Å². The van der Waals surface area contributed by atoms with Gasteiger partial charge < -0.3 is 10.5 Å². The number of hydrogen-bond acceptors (Lipinski definition) is 4. The first kappa shape index (κ1) is 16.3. The van der Waals surface area contributed by atoms with Crippen LogP contribution in [0.4, 0.5) is 0 Å². The Hall–Kier alpha value is -2.55. The number of aromatic amines is 1. The Morgan fingerprint density at radius 1 is 1.25 bits per heavy atom. The van der Waals surface area contributed by atoms with Gasteiger partial charge in [0.2, 0.25) is 0 Å². The molecule has 0 spiro atoms. The van der Waals surface area contributed by atoms with Crippen LogP contribution in [-0.2, 0) is 0 Å². The SMILES string of the molecule is COc1ccc(C#CC(C)(C)N)cc1-c1[nH]nc2nc(Cl)ccc12. The first-order valence-corrected chi connectivity index (χ1v) is 7.76. The van der Waals surface area contributed by atoms with E-state index >= 15 is 0 Å². The molecule has 0 aliphatic rings. The van der Waals surface area contributed by atoms with E-state index in [0.29, 0.717) is 16.5 Å². The summed E-state index contributed by atoms with van der Waals surface area (Å²) in [5.74, 6) is 6.83. The number of nitrogens with two attached hydrogens (primary N) is 1. The molecule has 0 saturated carbocycles. The van der Waals surface area contributed by atoms with Crippen LogP contribution in [0.25, 0.3) is 22.3 Å². The van der Waals surface area contributed by atoms with E-state index in [1.165, 1.54) is 0 Å². The maximum absolute atomic E-state index is 5.93. The van der Waals surface area contributed by atoms with Crippen LogP contribution < -0.4 is 10.5 Å². The number of methoxy groups -OCH3 is 1. The maximum atomic E-state index is 5.93. The molecule has 0 fully saturated rings. The molecule has 0 aliphatic carbocycles. The van der Waals surface area contributed by atoms with Gasteiger partial charge in [-0.05, 0) is 44.2 Å². The summed E-state index contributed by atoms with van der Waals surface area (Å²) in [6, 6.07) is 9.33. The van der Waals surface area contributed by atoms with Crippen LogP contribution in [0.15, 0.2) is 30.3 Å². The van der Waals surface area contributed by atoms with Crippen LogP contribution in [0.3, 0.4) is 0 Å². The van der Waals surface area contributed by atoms with Gasteiger partial charge in [-0.2, -0.15) is 5.10 Å². The molecule has 5 nitrogen and oxygen atoms in total. The molecule has 3 aromatic rings. The molecule has 0 bridgehead atoms. The van der Waals surface area contributed by atoms with Crippen molar-refractivity contribution in [1.29, 1.82) is 0 Å². The number of aromatic nitrogens is 3. The first-order valence-electron chi connectivity index (χ1n) is 7.38. The van der Waals surface area contributed by atoms with Gasteiger partial charge in [0.25, 0.3) is 0 Å². The summed E-state index contributed by atoms with van der Waals surface area (Å²) in [7, 11) is 1.63. The van der Waals surface area contributed by atoms with Crippen LogP contribution in [0.1, 0.15) is 19.4 Å². The molecule has 0 aliphatic heterocycles. The van der Waals surface area contributed by atoms with E-state index in [1.807, 2.05) is 38.1 Å². The molecule has 0 saturated heterocycles. The molecule has 3 rings (SSSR count). The van der Waals surface area contributed by atoms with E-state index in [0.717, 1.165) is 22.2 Å². The summed E-state index contributed by atoms with van der Waals surface area (Å²) in [5.41, 5.74) is 8.43. The van der Waals surface area contributed by atoms with Gasteiger partial charge in [-0.15, -0.1) is 0 Å². The van der Waals surface area contributed by atoms with Crippen LogP contribution in [0.5, 0.6) is 5.75 Å². The Morgan fingerprint density at radius 2 is 2.04 bits per heavy atom. The molecule has 2 heterocycles. The lowest BCUT2D eigenvalue weighted by molar-refractivity contribution is 0.416. The fraction of sp³-hybridized carbons (Fsp3) is 0.222. The van der Waals surface area contributed by atoms with Crippen molar-refractivity contribution in [2.24, 2.45) is 5.73 Å². The second-order valence-electron chi connectivity index (χ2n) is 5.99. The number of pyridine rings is 1. The van der Waals surface area contributed by atoms with Crippen LogP contribution >= 0.6 is 11.6 Å². The highest BCUT2D eigenvalue weighted by molar-refractivity contribution is 6.29. The smallest absolute Gasteiger partial charge is 0.182 e. The molecule has 24 heavy (non-hydrogen) atoms. The molecule has 2 aromatic heterocycles. The summed E-state index contributed by atoms with van der Waals surface area (Å²) in [6.07, 6.45) is 0. The predicted octanol–water partition coefficient (Wildman–Crippen LogP) is 3.38. The Bertz CT molecular complexity index is 961. The number of ether oxygens (including phenoxy) is 1. The molecular formula is C18H17ClN4O. The number of nitrogens with one attached hydrogen (secondary N) is 1. The lowest BCUT2D eigenvalue weighted by atomic mass is 10.0. The van der Waals surface area contributed by atoms with Gasteiger partial charge in [0.1, 0.15) is 10.9 Å². The quantitative estimate of drug-likeness (QED) is 0.554. The minimum absolute atomic E-state index is 0.400. The van der Waals surface area contributed by atoms with Crippen molar-refractivity contribution in [2.75, 3.05) is 7.11 Å². The van der Waals surface area contributed by atoms with Crippen molar-refractivity contribution in [3.63, 3.8) is 0 Å². The van der Waals surface area contributed by atoms with Crippen molar-refractivity contribution in [3.05, 3.63) is 41.0 Å². The number of hydrogen-bond donors (Lipinski definition) is 2. The minimum atomic E-state index is -0.554. The van der Waals surface area contributed by atoms with Crippen LogP contribution in [-0.4, -0.2) is 27.8 Å². The number of benzene rings is 1. The molecule has 0 unspecified atom stereocenters. The topological polar surface area (TPSA) is 76.8 Å². The van der Waals surface area contributed by atoms with Gasteiger partial charge in [0.05, 0.1) is 18.3 Å². The van der Waals surface area contributed by atoms with Crippen molar-refractivity contribution in [3.8, 4) is 28.8 Å². The Labute approximate surface area is 145 Å². The van der Waals surface area contributed by atoms with Gasteiger partial charge in [0, 0.05) is 16.5 Å². The lowest BCUT2D eigenvalue weighted by Crippen LogP contribution is -2.29. The Balaban J connectivity index is 2.15. The standard InChI is InChI=1S/C18H17ClN4O/c1-18(2,20)9-8-11-4-6-14(24-3)13(10-11)16-12-5-7-15(19)21-17(12)23-22-16/h4-7,10H,20H2,1-3H3,(H,21,22,23). The van der Waals surface area contributed by atoms with E-state index in [2.05, 4.69) is 27.0 Å². The van der Waals surface area contributed by atoms with Crippen molar-refractivity contribution < 1.29 is 4.74 Å². The van der Waals surface area contributed by atoms with E-state index < -0.39 is 5.54 Å². The minimum Gasteiger partial charge on any atom is -0.496 e. The zero-order chi connectivity index (χ0) is 17.3. The third-order valence-corrected chi connectivity index (χ3v) is 3.59. The summed E-state index contributed by atoms with van der Waals surface area (Å²) in [4.78, 5) is 4.21. The summed E-state index contributed by atoms with van der Waals surface area (Å²) in [6.45, 7) is 3.73. The van der Waals surface area contributed by atoms with E-state index in [-0.39, 0.29) is 0 Å². The van der Waals surface area contributed by atoms with Gasteiger partial charge in [-0.3, -0.25) is 5.10 Å². The Kier molecular flexibility index (Phi) is 4.18. The predicted molar refractivity (Wildman–Crippen MR) is 96.0 cm³/mol. The molecule has 122 valence electrons. The second-order valence-corrected chi connectivity index (χ2v) is 6.38. The normalized spacial score (nSPS) is 11.2. The number of fused-ring (bicyclic) bond motifs is 1. The van der Waals surface area contributed by atoms with Crippen molar-refractivity contribution >= 4 is 22.6 Å². The summed E-state index contributed by atoms with van der Waals surface area (Å²) < 4.78 is 5.48. The third-order valence-electron chi connectivity index (χ3n) is 3.38. The highest BCUT2D eigenvalue weighted by atomic mass is 35.5. The van der Waals surface area contributed by atoms with E-state index in [1.54, 1.807) is 13.2 Å². The van der Waals surface area contributed by atoms with E-state index in [4.69, 9.17) is 22.1 Å². The average Bonchev–Trinajstić information content (AvgIpc) is 2.94. The third kappa shape index (κ3) is 3.35. The lowest BCUT2D eigenvalue weighted by Gasteiger charge is -2.09. The number of rotatable bonds is 2. The van der Waals surface area contributed by atoms with Gasteiger partial charge in [0.15, 0.2) is 5.65 Å². The molecule has 6 heteroatoms. The molecular weight excluding hydrogens is 324 g/mol. The average molecular weight is 341 g/mol. The zero-order valence-corrected chi connectivity index (χ0v) is 14.4. The second kappa shape index (κ2) is 6.16.